The number of nitrogens with zero attached hydrogens (tertiary/aromatic N) is 2. The summed E-state index contributed by atoms with van der Waals surface area (Å²) in [5.41, 5.74) is 1.81. The van der Waals surface area contributed by atoms with Gasteiger partial charge in [-0.2, -0.15) is 0 Å². The summed E-state index contributed by atoms with van der Waals surface area (Å²) in [6.07, 6.45) is 2.59. The van der Waals surface area contributed by atoms with Crippen molar-refractivity contribution in [2.24, 2.45) is 0 Å². The van der Waals surface area contributed by atoms with Gasteiger partial charge in [0, 0.05) is 25.6 Å². The monoisotopic (exact) mass is 301 g/mol. The molecule has 0 saturated carbocycles. The highest BCUT2D eigenvalue weighted by Gasteiger charge is 2.09. The van der Waals surface area contributed by atoms with E-state index in [9.17, 15) is 4.79 Å². The maximum atomic E-state index is 12.0. The molecule has 1 aromatic carbocycles. The molecule has 2 rings (SSSR count). The number of aliphatic hydroxyl groups excluding tert-OH is 1. The highest BCUT2D eigenvalue weighted by atomic mass is 16.2. The first kappa shape index (κ1) is 16.2. The molecule has 1 aromatic heterocycles. The fourth-order valence-corrected chi connectivity index (χ4v) is 2.25. The van der Waals surface area contributed by atoms with E-state index in [0.29, 0.717) is 13.1 Å². The fraction of sp³-hybridized carbons (Fsp3) is 0.412. The Morgan fingerprint density at radius 2 is 2.00 bits per heavy atom. The molecule has 2 amide bonds. The molecule has 2 aromatic rings. The molecule has 0 atom stereocenters. The Morgan fingerprint density at radius 1 is 1.18 bits per heavy atom. The summed E-state index contributed by atoms with van der Waals surface area (Å²) in [7, 11) is 1.76. The molecule has 0 aliphatic carbocycles. The Labute approximate surface area is 131 Å². The van der Waals surface area contributed by atoms with Gasteiger partial charge in [-0.25, -0.2) is 4.79 Å². The number of pyridine rings is 1. The Balaban J connectivity index is 1.84. The van der Waals surface area contributed by atoms with Crippen LogP contribution in [0.25, 0.3) is 10.9 Å². The topological polar surface area (TPSA) is 65.5 Å². The summed E-state index contributed by atoms with van der Waals surface area (Å²) in [6, 6.07) is 11.8. The number of aromatic nitrogens is 1. The van der Waals surface area contributed by atoms with Crippen LogP contribution in [0.4, 0.5) is 4.79 Å². The number of urea groups is 1. The number of amides is 2. The van der Waals surface area contributed by atoms with Crippen molar-refractivity contribution in [2.75, 3.05) is 20.2 Å². The van der Waals surface area contributed by atoms with Gasteiger partial charge in [0.2, 0.25) is 0 Å². The van der Waals surface area contributed by atoms with E-state index in [1.807, 2.05) is 36.4 Å². The normalized spacial score (nSPS) is 10.6. The maximum Gasteiger partial charge on any atom is 0.317 e. The summed E-state index contributed by atoms with van der Waals surface area (Å²) >= 11 is 0. The molecule has 0 radical (unpaired) electrons. The number of nitrogens with one attached hydrogen (secondary N) is 1. The first-order chi connectivity index (χ1) is 10.7. The largest absolute Gasteiger partial charge is 0.396 e. The van der Waals surface area contributed by atoms with Gasteiger partial charge in [-0.3, -0.25) is 4.98 Å². The molecular weight excluding hydrogens is 278 g/mol. The summed E-state index contributed by atoms with van der Waals surface area (Å²) in [4.78, 5) is 18.2. The van der Waals surface area contributed by atoms with Crippen LogP contribution in [0.2, 0.25) is 0 Å². The van der Waals surface area contributed by atoms with Crippen LogP contribution in [0.15, 0.2) is 36.4 Å². The number of fused-ring (bicyclic) bond motifs is 1. The molecule has 0 unspecified atom stereocenters. The van der Waals surface area contributed by atoms with Crippen molar-refractivity contribution in [1.82, 2.24) is 15.2 Å². The molecule has 1 heterocycles. The summed E-state index contributed by atoms with van der Waals surface area (Å²) in [5, 5.41) is 12.7. The van der Waals surface area contributed by atoms with Crippen LogP contribution in [-0.2, 0) is 6.54 Å². The van der Waals surface area contributed by atoms with Crippen LogP contribution in [0.1, 0.15) is 25.0 Å². The molecule has 0 aliphatic rings. The minimum absolute atomic E-state index is 0.0982. The molecule has 5 nitrogen and oxygen atoms in total. The van der Waals surface area contributed by atoms with Gasteiger partial charge in [0.25, 0.3) is 0 Å². The Morgan fingerprint density at radius 3 is 2.82 bits per heavy atom. The Bertz CT molecular complexity index is 616. The van der Waals surface area contributed by atoms with Gasteiger partial charge in [-0.15, -0.1) is 0 Å². The van der Waals surface area contributed by atoms with Gasteiger partial charge in [0.05, 0.1) is 17.8 Å². The molecule has 0 bridgehead atoms. The Hall–Kier alpha value is -2.14. The van der Waals surface area contributed by atoms with Crippen molar-refractivity contribution >= 4 is 16.9 Å². The van der Waals surface area contributed by atoms with Crippen LogP contribution in [0.5, 0.6) is 0 Å². The molecule has 0 spiro atoms. The molecule has 0 aliphatic heterocycles. The third-order valence-electron chi connectivity index (χ3n) is 3.51. The van der Waals surface area contributed by atoms with Crippen molar-refractivity contribution < 1.29 is 9.90 Å². The molecule has 2 N–H and O–H groups in total. The molecule has 118 valence electrons. The third kappa shape index (κ3) is 4.70. The molecule has 22 heavy (non-hydrogen) atoms. The number of hydrogen-bond donors (Lipinski definition) is 2. The van der Waals surface area contributed by atoms with Gasteiger partial charge in [0.1, 0.15) is 0 Å². The van der Waals surface area contributed by atoms with Gasteiger partial charge in [0.15, 0.2) is 0 Å². The predicted octanol–water partition coefficient (Wildman–Crippen LogP) is 2.54. The van der Waals surface area contributed by atoms with Crippen LogP contribution in [-0.4, -0.2) is 41.2 Å². The lowest BCUT2D eigenvalue weighted by Crippen LogP contribution is -2.37. The SMILES string of the molecule is CN(Cc1ccc2ccccc2n1)C(=O)NCCCCCO. The second kappa shape index (κ2) is 8.34. The van der Waals surface area contributed by atoms with Crippen molar-refractivity contribution in [3.63, 3.8) is 0 Å². The first-order valence-corrected chi connectivity index (χ1v) is 7.65. The van der Waals surface area contributed by atoms with Crippen LogP contribution < -0.4 is 5.32 Å². The molecule has 0 fully saturated rings. The molecule has 0 saturated heterocycles. The van der Waals surface area contributed by atoms with E-state index >= 15 is 0 Å². The van der Waals surface area contributed by atoms with E-state index in [1.54, 1.807) is 11.9 Å². The minimum atomic E-state index is -0.0982. The number of para-hydroxylation sites is 1. The average molecular weight is 301 g/mol. The first-order valence-electron chi connectivity index (χ1n) is 7.65. The number of carbonyl (C=O) groups excluding carboxylic acids is 1. The van der Waals surface area contributed by atoms with E-state index in [0.717, 1.165) is 35.9 Å². The summed E-state index contributed by atoms with van der Waals surface area (Å²) in [5.74, 6) is 0. The number of aliphatic hydroxyl groups is 1. The van der Waals surface area contributed by atoms with Crippen molar-refractivity contribution in [3.05, 3.63) is 42.1 Å². The number of hydrogen-bond acceptors (Lipinski definition) is 3. The van der Waals surface area contributed by atoms with Crippen molar-refractivity contribution in [2.45, 2.75) is 25.8 Å². The zero-order chi connectivity index (χ0) is 15.8. The lowest BCUT2D eigenvalue weighted by Gasteiger charge is -2.17. The van der Waals surface area contributed by atoms with Crippen molar-refractivity contribution in [3.8, 4) is 0 Å². The van der Waals surface area contributed by atoms with Crippen LogP contribution in [0.3, 0.4) is 0 Å². The molecular formula is C17H23N3O2. The lowest BCUT2D eigenvalue weighted by molar-refractivity contribution is 0.206. The summed E-state index contributed by atoms with van der Waals surface area (Å²) < 4.78 is 0. The molecule has 5 heteroatoms. The highest BCUT2D eigenvalue weighted by Crippen LogP contribution is 2.12. The number of rotatable bonds is 7. The van der Waals surface area contributed by atoms with Gasteiger partial charge in [-0.05, 0) is 31.4 Å². The quantitative estimate of drug-likeness (QED) is 0.772. The van der Waals surface area contributed by atoms with E-state index < -0.39 is 0 Å². The summed E-state index contributed by atoms with van der Waals surface area (Å²) in [6.45, 7) is 1.32. The smallest absolute Gasteiger partial charge is 0.317 e. The lowest BCUT2D eigenvalue weighted by atomic mass is 10.2. The second-order valence-corrected chi connectivity index (χ2v) is 5.37. The third-order valence-corrected chi connectivity index (χ3v) is 3.51. The van der Waals surface area contributed by atoms with E-state index in [4.69, 9.17) is 5.11 Å². The van der Waals surface area contributed by atoms with Crippen LogP contribution >= 0.6 is 0 Å². The van der Waals surface area contributed by atoms with E-state index in [-0.39, 0.29) is 12.6 Å². The van der Waals surface area contributed by atoms with Crippen molar-refractivity contribution in [1.29, 1.82) is 0 Å². The van der Waals surface area contributed by atoms with Crippen LogP contribution in [0, 0.1) is 0 Å². The number of carbonyl (C=O) groups is 1. The van der Waals surface area contributed by atoms with E-state index in [2.05, 4.69) is 10.3 Å². The average Bonchev–Trinajstić information content (AvgIpc) is 2.54. The zero-order valence-corrected chi connectivity index (χ0v) is 13.0. The zero-order valence-electron chi connectivity index (χ0n) is 13.0. The van der Waals surface area contributed by atoms with Gasteiger partial charge in [-0.1, -0.05) is 24.3 Å². The van der Waals surface area contributed by atoms with Gasteiger partial charge >= 0.3 is 6.03 Å². The standard InChI is InChI=1S/C17H23N3O2/c1-20(17(22)18-11-5-2-6-12-21)13-15-10-9-14-7-3-4-8-16(14)19-15/h3-4,7-10,21H,2,5-6,11-13H2,1H3,(H,18,22). The Kier molecular flexibility index (Phi) is 6.15. The van der Waals surface area contributed by atoms with E-state index in [1.165, 1.54) is 0 Å². The van der Waals surface area contributed by atoms with Gasteiger partial charge < -0.3 is 15.3 Å². The predicted molar refractivity (Wildman–Crippen MR) is 87.5 cm³/mol. The highest BCUT2D eigenvalue weighted by molar-refractivity contribution is 5.78. The maximum absolute atomic E-state index is 12.0. The second-order valence-electron chi connectivity index (χ2n) is 5.37. The minimum Gasteiger partial charge on any atom is -0.396 e. The fourth-order valence-electron chi connectivity index (χ4n) is 2.25. The number of unbranched alkanes of at least 4 members (excludes halogenated alkanes) is 2. The number of benzene rings is 1.